The first-order valence-electron chi connectivity index (χ1n) is 4.49. The van der Waals surface area contributed by atoms with Crippen molar-refractivity contribution in [2.24, 2.45) is 5.73 Å². The van der Waals surface area contributed by atoms with Crippen molar-refractivity contribution in [3.63, 3.8) is 0 Å². The van der Waals surface area contributed by atoms with E-state index < -0.39 is 0 Å². The summed E-state index contributed by atoms with van der Waals surface area (Å²) in [5.41, 5.74) is 5.16. The molecule has 4 nitrogen and oxygen atoms in total. The Labute approximate surface area is 77.8 Å². The van der Waals surface area contributed by atoms with Crippen LogP contribution >= 0.6 is 0 Å². The topological polar surface area (TPSA) is 60.9 Å². The predicted molar refractivity (Wildman–Crippen MR) is 50.0 cm³/mol. The summed E-state index contributed by atoms with van der Waals surface area (Å²) in [7, 11) is 0. The third-order valence-corrected chi connectivity index (χ3v) is 2.01. The Morgan fingerprint density at radius 2 is 2.46 bits per heavy atom. The summed E-state index contributed by atoms with van der Waals surface area (Å²) in [6, 6.07) is 0.171. The van der Waals surface area contributed by atoms with E-state index in [1.165, 1.54) is 0 Å². The number of hydrogen-bond acceptors (Lipinski definition) is 2. The largest absolute Gasteiger partial charge is 0.370 e. The average molecular weight is 181 g/mol. The van der Waals surface area contributed by atoms with Crippen LogP contribution in [0, 0.1) is 0 Å². The number of primary amides is 1. The van der Waals surface area contributed by atoms with Gasteiger partial charge in [-0.1, -0.05) is 13.3 Å². The highest BCUT2D eigenvalue weighted by molar-refractivity contribution is 5.74. The van der Waals surface area contributed by atoms with Crippen LogP contribution < -0.4 is 5.73 Å². The van der Waals surface area contributed by atoms with E-state index in [4.69, 9.17) is 5.73 Å². The fraction of sp³-hybridized carbons (Fsp3) is 0.556. The Kier molecular flexibility index (Phi) is 3.49. The number of imidazole rings is 1. The number of nitrogens with zero attached hydrogens (tertiary/aromatic N) is 2. The van der Waals surface area contributed by atoms with Crippen LogP contribution in [0.2, 0.25) is 0 Å². The van der Waals surface area contributed by atoms with Crippen LogP contribution in [0.25, 0.3) is 0 Å². The number of amides is 1. The second kappa shape index (κ2) is 4.64. The van der Waals surface area contributed by atoms with Gasteiger partial charge in [-0.05, 0) is 6.42 Å². The minimum atomic E-state index is -0.257. The quantitative estimate of drug-likeness (QED) is 0.739. The predicted octanol–water partition coefficient (Wildman–Crippen LogP) is 1.10. The number of aromatic nitrogens is 2. The molecule has 0 saturated heterocycles. The minimum Gasteiger partial charge on any atom is -0.370 e. The third-order valence-electron chi connectivity index (χ3n) is 2.01. The van der Waals surface area contributed by atoms with Crippen LogP contribution in [-0.2, 0) is 4.79 Å². The molecule has 0 aliphatic rings. The van der Waals surface area contributed by atoms with Crippen molar-refractivity contribution in [3.8, 4) is 0 Å². The molecule has 1 unspecified atom stereocenters. The zero-order valence-electron chi connectivity index (χ0n) is 7.81. The van der Waals surface area contributed by atoms with Crippen LogP contribution in [0.1, 0.15) is 32.2 Å². The van der Waals surface area contributed by atoms with Gasteiger partial charge in [-0.25, -0.2) is 4.98 Å². The summed E-state index contributed by atoms with van der Waals surface area (Å²) in [6.45, 7) is 2.09. The SMILES string of the molecule is CCCC(CC(N)=O)n1ccnc1. The average Bonchev–Trinajstić information content (AvgIpc) is 2.54. The van der Waals surface area contributed by atoms with E-state index in [-0.39, 0.29) is 11.9 Å². The summed E-state index contributed by atoms with van der Waals surface area (Å²) in [4.78, 5) is 14.7. The fourth-order valence-electron chi connectivity index (χ4n) is 1.41. The lowest BCUT2D eigenvalue weighted by Crippen LogP contribution is -2.18. The minimum absolute atomic E-state index is 0.171. The van der Waals surface area contributed by atoms with Crippen molar-refractivity contribution >= 4 is 5.91 Å². The third kappa shape index (κ3) is 2.89. The lowest BCUT2D eigenvalue weighted by molar-refractivity contribution is -0.118. The summed E-state index contributed by atoms with van der Waals surface area (Å²) < 4.78 is 1.94. The maximum absolute atomic E-state index is 10.8. The molecule has 72 valence electrons. The summed E-state index contributed by atoms with van der Waals surface area (Å²) in [5, 5.41) is 0. The van der Waals surface area contributed by atoms with Crippen molar-refractivity contribution < 1.29 is 4.79 Å². The lowest BCUT2D eigenvalue weighted by atomic mass is 10.1. The van der Waals surface area contributed by atoms with Crippen molar-refractivity contribution in [1.29, 1.82) is 0 Å². The van der Waals surface area contributed by atoms with Gasteiger partial charge < -0.3 is 10.3 Å². The summed E-state index contributed by atoms with van der Waals surface area (Å²) >= 11 is 0. The molecule has 2 N–H and O–H groups in total. The maximum Gasteiger partial charge on any atom is 0.219 e. The van der Waals surface area contributed by atoms with E-state index >= 15 is 0 Å². The maximum atomic E-state index is 10.8. The standard InChI is InChI=1S/C9H15N3O/c1-2-3-8(6-9(10)13)12-5-4-11-7-12/h4-5,7-8H,2-3,6H2,1H3,(H2,10,13). The molecule has 1 rings (SSSR count). The Bertz CT molecular complexity index is 256. The molecule has 0 aliphatic carbocycles. The highest BCUT2D eigenvalue weighted by Gasteiger charge is 2.11. The highest BCUT2D eigenvalue weighted by Crippen LogP contribution is 2.16. The van der Waals surface area contributed by atoms with E-state index in [1.807, 2.05) is 10.8 Å². The molecule has 0 bridgehead atoms. The second-order valence-corrected chi connectivity index (χ2v) is 3.12. The molecule has 0 saturated carbocycles. The molecular formula is C9H15N3O. The molecule has 0 aliphatic heterocycles. The van der Waals surface area contributed by atoms with Gasteiger partial charge in [0.15, 0.2) is 0 Å². The van der Waals surface area contributed by atoms with E-state index in [0.717, 1.165) is 12.8 Å². The molecule has 1 aromatic rings. The molecule has 13 heavy (non-hydrogen) atoms. The molecule has 4 heteroatoms. The van der Waals surface area contributed by atoms with Crippen LogP contribution in [-0.4, -0.2) is 15.5 Å². The Morgan fingerprint density at radius 1 is 1.69 bits per heavy atom. The number of hydrogen-bond donors (Lipinski definition) is 1. The highest BCUT2D eigenvalue weighted by atomic mass is 16.1. The van der Waals surface area contributed by atoms with Crippen LogP contribution in [0.5, 0.6) is 0 Å². The van der Waals surface area contributed by atoms with Gasteiger partial charge in [0, 0.05) is 24.9 Å². The van der Waals surface area contributed by atoms with Gasteiger partial charge >= 0.3 is 0 Å². The Morgan fingerprint density at radius 3 is 2.92 bits per heavy atom. The van der Waals surface area contributed by atoms with Gasteiger partial charge in [0.1, 0.15) is 0 Å². The van der Waals surface area contributed by atoms with Gasteiger partial charge in [-0.2, -0.15) is 0 Å². The van der Waals surface area contributed by atoms with Crippen LogP contribution in [0.15, 0.2) is 18.7 Å². The molecule has 0 radical (unpaired) electrons. The first-order valence-corrected chi connectivity index (χ1v) is 4.49. The van der Waals surface area contributed by atoms with E-state index in [0.29, 0.717) is 6.42 Å². The van der Waals surface area contributed by atoms with Crippen LogP contribution in [0.3, 0.4) is 0 Å². The molecule has 1 atom stereocenters. The van der Waals surface area contributed by atoms with Crippen molar-refractivity contribution in [3.05, 3.63) is 18.7 Å². The van der Waals surface area contributed by atoms with Gasteiger partial charge in [-0.15, -0.1) is 0 Å². The van der Waals surface area contributed by atoms with E-state index in [9.17, 15) is 4.79 Å². The van der Waals surface area contributed by atoms with Crippen molar-refractivity contribution in [2.45, 2.75) is 32.2 Å². The van der Waals surface area contributed by atoms with Gasteiger partial charge in [0.25, 0.3) is 0 Å². The Balaban J connectivity index is 2.62. The molecule has 0 fully saturated rings. The van der Waals surface area contributed by atoms with Gasteiger partial charge in [-0.3, -0.25) is 4.79 Å². The second-order valence-electron chi connectivity index (χ2n) is 3.12. The van der Waals surface area contributed by atoms with Crippen molar-refractivity contribution in [1.82, 2.24) is 9.55 Å². The molecule has 1 amide bonds. The molecule has 1 aromatic heterocycles. The number of carbonyl (C=O) groups excluding carboxylic acids is 1. The zero-order valence-corrected chi connectivity index (χ0v) is 7.81. The normalized spacial score (nSPS) is 12.7. The number of nitrogens with two attached hydrogens (primary N) is 1. The number of rotatable bonds is 5. The summed E-state index contributed by atoms with van der Waals surface area (Å²) in [6.07, 6.45) is 7.69. The smallest absolute Gasteiger partial charge is 0.219 e. The Hall–Kier alpha value is -1.32. The molecule has 1 heterocycles. The van der Waals surface area contributed by atoms with Crippen molar-refractivity contribution in [2.75, 3.05) is 0 Å². The first kappa shape index (κ1) is 9.77. The molecule has 0 spiro atoms. The zero-order chi connectivity index (χ0) is 9.68. The summed E-state index contributed by atoms with van der Waals surface area (Å²) in [5.74, 6) is -0.257. The number of carbonyl (C=O) groups is 1. The molecular weight excluding hydrogens is 166 g/mol. The lowest BCUT2D eigenvalue weighted by Gasteiger charge is -2.15. The fourth-order valence-corrected chi connectivity index (χ4v) is 1.41. The monoisotopic (exact) mass is 181 g/mol. The molecule has 0 aromatic carbocycles. The van der Waals surface area contributed by atoms with E-state index in [1.54, 1.807) is 12.5 Å². The van der Waals surface area contributed by atoms with Crippen LogP contribution in [0.4, 0.5) is 0 Å². The van der Waals surface area contributed by atoms with Gasteiger partial charge in [0.05, 0.1) is 6.33 Å². The van der Waals surface area contributed by atoms with E-state index in [2.05, 4.69) is 11.9 Å². The first-order chi connectivity index (χ1) is 6.24. The van der Waals surface area contributed by atoms with Gasteiger partial charge in [0.2, 0.25) is 5.91 Å².